The molecule has 0 unspecified atom stereocenters. The first-order chi connectivity index (χ1) is 10.2. The van der Waals surface area contributed by atoms with Crippen molar-refractivity contribution in [2.45, 2.75) is 81.6 Å². The Hall–Kier alpha value is 0.387. The molecule has 0 saturated heterocycles. The molecular formula is C18H45ClO3Si. The molecule has 23 heavy (non-hydrogen) atoms. The van der Waals surface area contributed by atoms with E-state index < -0.39 is 0 Å². The third-order valence-corrected chi connectivity index (χ3v) is 2.59. The van der Waals surface area contributed by atoms with Gasteiger partial charge < -0.3 is 15.3 Å². The van der Waals surface area contributed by atoms with Crippen molar-refractivity contribution >= 4 is 20.6 Å². The van der Waals surface area contributed by atoms with Gasteiger partial charge in [0.25, 0.3) is 0 Å². The Morgan fingerprint density at radius 2 is 0.652 bits per heavy atom. The molecule has 0 spiro atoms. The summed E-state index contributed by atoms with van der Waals surface area (Å²) in [4.78, 5) is 0. The number of halogens is 1. The van der Waals surface area contributed by atoms with E-state index in [2.05, 4.69) is 62.3 Å². The highest BCUT2D eigenvalue weighted by molar-refractivity contribution is 6.80. The smallest absolute Gasteiger partial charge is 0.109 e. The van der Waals surface area contributed by atoms with Crippen molar-refractivity contribution in [2.24, 2.45) is 16.2 Å². The minimum absolute atomic E-state index is 0.300. The lowest BCUT2D eigenvalue weighted by Gasteiger charge is -2.14. The number of hydrogen-bond donors (Lipinski definition) is 3. The summed E-state index contributed by atoms with van der Waals surface area (Å²) in [6, 6.07) is 0. The molecule has 0 aromatic rings. The summed E-state index contributed by atoms with van der Waals surface area (Å²) < 4.78 is 0. The van der Waals surface area contributed by atoms with Crippen molar-refractivity contribution in [3.05, 3.63) is 0 Å². The molecule has 0 aliphatic carbocycles. The van der Waals surface area contributed by atoms with Crippen molar-refractivity contribution in [1.82, 2.24) is 0 Å². The Labute approximate surface area is 154 Å². The molecule has 0 fully saturated rings. The maximum absolute atomic E-state index is 8.40. The van der Waals surface area contributed by atoms with E-state index in [4.69, 9.17) is 26.4 Å². The van der Waals surface area contributed by atoms with Gasteiger partial charge in [-0.2, -0.15) is 11.1 Å². The van der Waals surface area contributed by atoms with E-state index in [-0.39, 0.29) is 0 Å². The molecule has 0 rings (SSSR count). The highest BCUT2D eigenvalue weighted by atomic mass is 35.6. The highest BCUT2D eigenvalue weighted by Gasteiger charge is 2.08. The summed E-state index contributed by atoms with van der Waals surface area (Å²) in [7, 11) is 0.778. The number of rotatable bonds is 3. The minimum Gasteiger partial charge on any atom is -0.396 e. The minimum atomic E-state index is 0.300. The van der Waals surface area contributed by atoms with Crippen molar-refractivity contribution in [3.8, 4) is 0 Å². The molecule has 3 N–H and O–H groups in total. The molecule has 3 nitrogen and oxygen atoms in total. The molecule has 146 valence electrons. The first kappa shape index (κ1) is 31.2. The van der Waals surface area contributed by atoms with Crippen LogP contribution in [0.5, 0.6) is 0 Å². The molecule has 0 saturated carbocycles. The van der Waals surface area contributed by atoms with Crippen LogP contribution in [0, 0.1) is 16.2 Å². The van der Waals surface area contributed by atoms with Crippen LogP contribution in [0.25, 0.3) is 0 Å². The van der Waals surface area contributed by atoms with Gasteiger partial charge in [0.05, 0.1) is 0 Å². The zero-order valence-electron chi connectivity index (χ0n) is 17.5. The van der Waals surface area contributed by atoms with Gasteiger partial charge in [0.1, 0.15) is 9.55 Å². The molecule has 0 heterocycles. The van der Waals surface area contributed by atoms with Gasteiger partial charge in [-0.15, -0.1) is 0 Å². The van der Waals surface area contributed by atoms with Crippen LogP contribution in [0.3, 0.4) is 0 Å². The molecule has 0 aliphatic heterocycles. The Bertz CT molecular complexity index is 178. The quantitative estimate of drug-likeness (QED) is 0.522. The molecule has 0 bridgehead atoms. The molecule has 0 atom stereocenters. The van der Waals surface area contributed by atoms with Crippen LogP contribution in [0.1, 0.15) is 81.6 Å². The van der Waals surface area contributed by atoms with E-state index in [1.54, 1.807) is 0 Å². The van der Waals surface area contributed by atoms with Crippen LogP contribution in [-0.2, 0) is 0 Å². The average molecular weight is 373 g/mol. The number of hydrogen-bond acceptors (Lipinski definition) is 3. The Balaban J connectivity index is -0.000000111. The van der Waals surface area contributed by atoms with Gasteiger partial charge in [-0.3, -0.25) is 0 Å². The molecule has 5 heteroatoms. The summed E-state index contributed by atoms with van der Waals surface area (Å²) in [6.07, 6.45) is 2.69. The van der Waals surface area contributed by atoms with Gasteiger partial charge in [0.2, 0.25) is 0 Å². The fourth-order valence-electron chi connectivity index (χ4n) is 1.01. The van der Waals surface area contributed by atoms with Crippen molar-refractivity contribution < 1.29 is 15.3 Å². The standard InChI is InChI=1S/3C6H14O.ClH3Si/c3*1-6(2,3)4-5-7;1-2/h3*7H,4-5H2,1-3H3;2H3. The number of aliphatic hydroxyl groups excluding tert-OH is 3. The third-order valence-electron chi connectivity index (χ3n) is 2.59. The van der Waals surface area contributed by atoms with Gasteiger partial charge in [-0.25, -0.2) is 0 Å². The second kappa shape index (κ2) is 17.2. The zero-order valence-corrected chi connectivity index (χ0v) is 20.2. The molecule has 0 aliphatic rings. The lowest BCUT2D eigenvalue weighted by atomic mass is 9.93. The maximum atomic E-state index is 8.40. The molecule has 0 aromatic heterocycles. The van der Waals surface area contributed by atoms with E-state index in [1.807, 2.05) is 0 Å². The number of aliphatic hydroxyl groups is 3. The fourth-order valence-corrected chi connectivity index (χ4v) is 1.01. The van der Waals surface area contributed by atoms with E-state index >= 15 is 0 Å². The van der Waals surface area contributed by atoms with Gasteiger partial charge in [0, 0.05) is 19.8 Å². The SMILES string of the molecule is CC(C)(C)CCO.CC(C)(C)CCO.CC(C)(C)CCO.[SiH3]Cl. The van der Waals surface area contributed by atoms with Crippen molar-refractivity contribution in [2.75, 3.05) is 19.8 Å². The first-order valence-corrected chi connectivity index (χ1v) is 11.4. The Morgan fingerprint density at radius 3 is 0.652 bits per heavy atom. The zero-order chi connectivity index (χ0) is 19.7. The van der Waals surface area contributed by atoms with Gasteiger partial charge in [-0.1, -0.05) is 62.3 Å². The summed E-state index contributed by atoms with van der Waals surface area (Å²) >= 11 is 4.78. The van der Waals surface area contributed by atoms with E-state index in [1.165, 1.54) is 0 Å². The average Bonchev–Trinajstić information content (AvgIpc) is 2.28. The molecule has 0 amide bonds. The van der Waals surface area contributed by atoms with Crippen molar-refractivity contribution in [1.29, 1.82) is 0 Å². The molecule has 0 radical (unpaired) electrons. The maximum Gasteiger partial charge on any atom is 0.109 e. The van der Waals surface area contributed by atoms with Gasteiger partial charge in [0.15, 0.2) is 0 Å². The van der Waals surface area contributed by atoms with Crippen molar-refractivity contribution in [3.63, 3.8) is 0 Å². The van der Waals surface area contributed by atoms with Crippen LogP contribution < -0.4 is 0 Å². The topological polar surface area (TPSA) is 60.7 Å². The lowest BCUT2D eigenvalue weighted by Crippen LogP contribution is -2.06. The fraction of sp³-hybridized carbons (Fsp3) is 1.00. The summed E-state index contributed by atoms with van der Waals surface area (Å²) in [5.41, 5.74) is 0.901. The first-order valence-electron chi connectivity index (χ1n) is 8.39. The van der Waals surface area contributed by atoms with Crippen LogP contribution in [0.2, 0.25) is 0 Å². The monoisotopic (exact) mass is 372 g/mol. The van der Waals surface area contributed by atoms with Gasteiger partial charge >= 0.3 is 0 Å². The predicted molar refractivity (Wildman–Crippen MR) is 109 cm³/mol. The molecular weight excluding hydrogens is 328 g/mol. The van der Waals surface area contributed by atoms with Crippen LogP contribution in [0.15, 0.2) is 0 Å². The van der Waals surface area contributed by atoms with Crippen LogP contribution in [0.4, 0.5) is 0 Å². The Kier molecular flexibility index (Phi) is 23.3. The van der Waals surface area contributed by atoms with E-state index in [0.717, 1.165) is 28.8 Å². The second-order valence-electron chi connectivity index (χ2n) is 9.10. The summed E-state index contributed by atoms with van der Waals surface area (Å²) in [5, 5.41) is 25.2. The highest BCUT2D eigenvalue weighted by Crippen LogP contribution is 2.17. The van der Waals surface area contributed by atoms with E-state index in [9.17, 15) is 0 Å². The summed E-state index contributed by atoms with van der Waals surface area (Å²) in [6.45, 7) is 20.0. The van der Waals surface area contributed by atoms with E-state index in [0.29, 0.717) is 36.1 Å². The normalized spacial score (nSPS) is 11.3. The van der Waals surface area contributed by atoms with Gasteiger partial charge in [-0.05, 0) is 35.5 Å². The molecule has 0 aromatic carbocycles. The Morgan fingerprint density at radius 1 is 0.522 bits per heavy atom. The second-order valence-corrected chi connectivity index (χ2v) is 9.10. The van der Waals surface area contributed by atoms with Crippen LogP contribution >= 0.6 is 11.1 Å². The largest absolute Gasteiger partial charge is 0.396 e. The lowest BCUT2D eigenvalue weighted by molar-refractivity contribution is 0.224. The summed E-state index contributed by atoms with van der Waals surface area (Å²) in [5.74, 6) is 0. The third kappa shape index (κ3) is 60.6. The predicted octanol–water partition coefficient (Wildman–Crippen LogP) is 3.75. The van der Waals surface area contributed by atoms with Crippen LogP contribution in [-0.4, -0.2) is 44.7 Å².